The summed E-state index contributed by atoms with van der Waals surface area (Å²) in [6.45, 7) is 3.84. The van der Waals surface area contributed by atoms with Crippen LogP contribution >= 0.6 is 11.6 Å². The maximum atomic E-state index is 11.9. The fraction of sp³-hybridized carbons (Fsp3) is 0.231. The number of carbonyl (C=O) groups excluding carboxylic acids is 1. The molecule has 0 unspecified atom stereocenters. The van der Waals surface area contributed by atoms with Crippen molar-refractivity contribution in [2.24, 2.45) is 0 Å². The number of amides is 1. The minimum atomic E-state index is -0.175. The van der Waals surface area contributed by atoms with Crippen molar-refractivity contribution in [2.45, 2.75) is 20.4 Å². The number of nitrogen functional groups attached to an aromatic ring is 1. The smallest absolute Gasteiger partial charge is 0.246 e. The highest BCUT2D eigenvalue weighted by Crippen LogP contribution is 2.17. The van der Waals surface area contributed by atoms with Crippen LogP contribution in [0.1, 0.15) is 11.3 Å². The molecular weight excluding hydrogens is 264 g/mol. The van der Waals surface area contributed by atoms with Gasteiger partial charge in [0.05, 0.1) is 16.9 Å². The molecule has 0 saturated heterocycles. The van der Waals surface area contributed by atoms with Crippen molar-refractivity contribution < 1.29 is 4.79 Å². The van der Waals surface area contributed by atoms with Crippen LogP contribution in [0.2, 0.25) is 5.02 Å². The number of halogens is 1. The van der Waals surface area contributed by atoms with Crippen molar-refractivity contribution in [1.29, 1.82) is 0 Å². The van der Waals surface area contributed by atoms with E-state index in [-0.39, 0.29) is 12.5 Å². The van der Waals surface area contributed by atoms with Crippen molar-refractivity contribution in [3.05, 3.63) is 40.7 Å². The number of aryl methyl sites for hydroxylation is 1. The summed E-state index contributed by atoms with van der Waals surface area (Å²) in [7, 11) is 0. The highest BCUT2D eigenvalue weighted by atomic mass is 35.5. The summed E-state index contributed by atoms with van der Waals surface area (Å²) in [5.74, 6) is -0.175. The Kier molecular flexibility index (Phi) is 3.76. The number of hydrogen-bond donors (Lipinski definition) is 2. The lowest BCUT2D eigenvalue weighted by Crippen LogP contribution is -2.20. The Morgan fingerprint density at radius 1 is 1.47 bits per heavy atom. The molecule has 0 bridgehead atoms. The van der Waals surface area contributed by atoms with Crippen LogP contribution < -0.4 is 11.1 Å². The molecule has 0 spiro atoms. The quantitative estimate of drug-likeness (QED) is 0.847. The summed E-state index contributed by atoms with van der Waals surface area (Å²) in [5.41, 5.74) is 8.85. The molecular formula is C13H15ClN4O. The van der Waals surface area contributed by atoms with E-state index < -0.39 is 0 Å². The van der Waals surface area contributed by atoms with Crippen LogP contribution in [0.4, 0.5) is 11.4 Å². The maximum Gasteiger partial charge on any atom is 0.246 e. The summed E-state index contributed by atoms with van der Waals surface area (Å²) in [6.07, 6.45) is 1.52. The molecule has 19 heavy (non-hydrogen) atoms. The molecule has 1 aromatic heterocycles. The topological polar surface area (TPSA) is 72.9 Å². The molecule has 0 aliphatic rings. The van der Waals surface area contributed by atoms with Crippen LogP contribution in [0.5, 0.6) is 0 Å². The Bertz CT molecular complexity index is 621. The highest BCUT2D eigenvalue weighted by molar-refractivity contribution is 6.31. The molecule has 3 N–H and O–H groups in total. The lowest BCUT2D eigenvalue weighted by Gasteiger charge is -2.08. The number of carbonyl (C=O) groups is 1. The van der Waals surface area contributed by atoms with Gasteiger partial charge in [-0.25, -0.2) is 0 Å². The average molecular weight is 279 g/mol. The van der Waals surface area contributed by atoms with Gasteiger partial charge in [0.2, 0.25) is 5.91 Å². The molecule has 0 saturated carbocycles. The molecule has 1 heterocycles. The molecule has 100 valence electrons. The standard InChI is InChI=1S/C13H15ClN4O/c1-8-3-4-10(5-12(8)15)17-13(19)7-18-9(2)11(14)6-16-18/h3-6H,7,15H2,1-2H3,(H,17,19). The van der Waals surface area contributed by atoms with Gasteiger partial charge in [-0.1, -0.05) is 17.7 Å². The second-order valence-corrected chi connectivity index (χ2v) is 4.76. The van der Waals surface area contributed by atoms with Crippen LogP contribution in [0.15, 0.2) is 24.4 Å². The zero-order chi connectivity index (χ0) is 14.0. The van der Waals surface area contributed by atoms with Crippen LogP contribution in [-0.4, -0.2) is 15.7 Å². The first-order valence-corrected chi connectivity index (χ1v) is 6.19. The first-order chi connectivity index (χ1) is 8.97. The van der Waals surface area contributed by atoms with Gasteiger partial charge in [-0.15, -0.1) is 0 Å². The number of nitrogens with two attached hydrogens (primary N) is 1. The van der Waals surface area contributed by atoms with Crippen molar-refractivity contribution in [3.63, 3.8) is 0 Å². The molecule has 0 aliphatic heterocycles. The molecule has 1 aromatic carbocycles. The maximum absolute atomic E-state index is 11.9. The van der Waals surface area contributed by atoms with Gasteiger partial charge >= 0.3 is 0 Å². The van der Waals surface area contributed by atoms with E-state index in [0.717, 1.165) is 11.3 Å². The van der Waals surface area contributed by atoms with Crippen molar-refractivity contribution >= 4 is 28.9 Å². The number of nitrogens with one attached hydrogen (secondary N) is 1. The van der Waals surface area contributed by atoms with E-state index in [0.29, 0.717) is 16.4 Å². The molecule has 1 amide bonds. The molecule has 5 nitrogen and oxygen atoms in total. The SMILES string of the molecule is Cc1ccc(NC(=O)Cn2ncc(Cl)c2C)cc1N. The molecule has 0 aliphatic carbocycles. The summed E-state index contributed by atoms with van der Waals surface area (Å²) < 4.78 is 1.55. The summed E-state index contributed by atoms with van der Waals surface area (Å²) in [4.78, 5) is 11.9. The fourth-order valence-electron chi connectivity index (χ4n) is 1.64. The van der Waals surface area contributed by atoms with E-state index in [1.807, 2.05) is 26.0 Å². The summed E-state index contributed by atoms with van der Waals surface area (Å²) in [6, 6.07) is 5.41. The first-order valence-electron chi connectivity index (χ1n) is 5.81. The van der Waals surface area contributed by atoms with Crippen LogP contribution in [0.3, 0.4) is 0 Å². The van der Waals surface area contributed by atoms with E-state index >= 15 is 0 Å². The zero-order valence-electron chi connectivity index (χ0n) is 10.8. The molecule has 2 rings (SSSR count). The molecule has 2 aromatic rings. The normalized spacial score (nSPS) is 10.5. The number of hydrogen-bond acceptors (Lipinski definition) is 3. The van der Waals surface area contributed by atoms with Gasteiger partial charge in [0.1, 0.15) is 6.54 Å². The number of benzene rings is 1. The number of rotatable bonds is 3. The van der Waals surface area contributed by atoms with E-state index in [4.69, 9.17) is 17.3 Å². The molecule has 0 fully saturated rings. The third kappa shape index (κ3) is 3.06. The number of anilines is 2. The Labute approximate surface area is 116 Å². The zero-order valence-corrected chi connectivity index (χ0v) is 11.5. The van der Waals surface area contributed by atoms with Gasteiger partial charge < -0.3 is 11.1 Å². The third-order valence-corrected chi connectivity index (χ3v) is 3.27. The average Bonchev–Trinajstić information content (AvgIpc) is 2.66. The predicted molar refractivity (Wildman–Crippen MR) is 76.2 cm³/mol. The van der Waals surface area contributed by atoms with E-state index in [9.17, 15) is 4.79 Å². The highest BCUT2D eigenvalue weighted by Gasteiger charge is 2.09. The minimum absolute atomic E-state index is 0.117. The van der Waals surface area contributed by atoms with Crippen molar-refractivity contribution in [2.75, 3.05) is 11.1 Å². The van der Waals surface area contributed by atoms with E-state index in [2.05, 4.69) is 10.4 Å². The fourth-order valence-corrected chi connectivity index (χ4v) is 1.78. The number of nitrogens with zero attached hydrogens (tertiary/aromatic N) is 2. The lowest BCUT2D eigenvalue weighted by molar-refractivity contribution is -0.116. The summed E-state index contributed by atoms with van der Waals surface area (Å²) in [5, 5.41) is 7.35. The Hall–Kier alpha value is -2.01. The Morgan fingerprint density at radius 2 is 2.21 bits per heavy atom. The monoisotopic (exact) mass is 278 g/mol. The van der Waals surface area contributed by atoms with Gasteiger partial charge in [-0.05, 0) is 31.5 Å². The van der Waals surface area contributed by atoms with Crippen LogP contribution in [-0.2, 0) is 11.3 Å². The Balaban J connectivity index is 2.05. The molecule has 6 heteroatoms. The summed E-state index contributed by atoms with van der Waals surface area (Å²) >= 11 is 5.88. The van der Waals surface area contributed by atoms with Gasteiger partial charge in [0.15, 0.2) is 0 Å². The largest absolute Gasteiger partial charge is 0.398 e. The van der Waals surface area contributed by atoms with Gasteiger partial charge in [0, 0.05) is 11.4 Å². The molecule has 0 atom stereocenters. The van der Waals surface area contributed by atoms with Crippen molar-refractivity contribution in [3.8, 4) is 0 Å². The van der Waals surface area contributed by atoms with E-state index in [1.54, 1.807) is 10.7 Å². The lowest BCUT2D eigenvalue weighted by atomic mass is 10.2. The van der Waals surface area contributed by atoms with Crippen molar-refractivity contribution in [1.82, 2.24) is 9.78 Å². The second kappa shape index (κ2) is 5.32. The van der Waals surface area contributed by atoms with Crippen LogP contribution in [0.25, 0.3) is 0 Å². The third-order valence-electron chi connectivity index (χ3n) is 2.90. The van der Waals surface area contributed by atoms with Gasteiger partial charge in [-0.3, -0.25) is 9.48 Å². The van der Waals surface area contributed by atoms with E-state index in [1.165, 1.54) is 6.20 Å². The molecule has 0 radical (unpaired) electrons. The second-order valence-electron chi connectivity index (χ2n) is 4.36. The number of aromatic nitrogens is 2. The Morgan fingerprint density at radius 3 is 2.79 bits per heavy atom. The first kappa shape index (κ1) is 13.4. The predicted octanol–water partition coefficient (Wildman–Crippen LogP) is 2.37. The van der Waals surface area contributed by atoms with Gasteiger partial charge in [0.25, 0.3) is 0 Å². The van der Waals surface area contributed by atoms with Crippen LogP contribution in [0, 0.1) is 13.8 Å². The van der Waals surface area contributed by atoms with Gasteiger partial charge in [-0.2, -0.15) is 5.10 Å². The minimum Gasteiger partial charge on any atom is -0.398 e.